The predicted octanol–water partition coefficient (Wildman–Crippen LogP) is 4.60. The van der Waals surface area contributed by atoms with Crippen LogP contribution >= 0.6 is 12.4 Å². The quantitative estimate of drug-likeness (QED) is 0.741. The first-order valence-corrected chi connectivity index (χ1v) is 10.3. The van der Waals surface area contributed by atoms with E-state index in [1.165, 1.54) is 6.20 Å². The van der Waals surface area contributed by atoms with Gasteiger partial charge in [-0.05, 0) is 52.5 Å². The molecule has 2 aliphatic carbocycles. The highest BCUT2D eigenvalue weighted by molar-refractivity contribution is 7.90. The molecule has 0 aromatic carbocycles. The second-order valence-corrected chi connectivity index (χ2v) is 10.1. The molecule has 1 saturated carbocycles. The Morgan fingerprint density at radius 2 is 2.04 bits per heavy atom. The zero-order valence-electron chi connectivity index (χ0n) is 15.8. The summed E-state index contributed by atoms with van der Waals surface area (Å²) in [7, 11) is 0. The SMILES string of the molecule is CC(C)(C)[S@+]([O-])N[C@H]1CCCc2oc(-c3cc(C4CC4)ncc3F)nc21.Cl. The lowest BCUT2D eigenvalue weighted by molar-refractivity contribution is 0.437. The summed E-state index contributed by atoms with van der Waals surface area (Å²) in [4.78, 5) is 8.78. The van der Waals surface area contributed by atoms with Crippen LogP contribution in [0.2, 0.25) is 0 Å². The number of halogens is 2. The van der Waals surface area contributed by atoms with Gasteiger partial charge in [0.2, 0.25) is 5.89 Å². The minimum Gasteiger partial charge on any atom is -0.598 e. The molecule has 1 fully saturated rings. The van der Waals surface area contributed by atoms with Crippen molar-refractivity contribution in [3.63, 3.8) is 0 Å². The van der Waals surface area contributed by atoms with Gasteiger partial charge in [-0.15, -0.1) is 17.1 Å². The summed E-state index contributed by atoms with van der Waals surface area (Å²) in [6.07, 6.45) is 6.00. The Hall–Kier alpha value is -1.15. The van der Waals surface area contributed by atoms with Crippen molar-refractivity contribution in [2.75, 3.05) is 0 Å². The Morgan fingerprint density at radius 3 is 2.70 bits per heavy atom. The van der Waals surface area contributed by atoms with E-state index in [9.17, 15) is 8.94 Å². The molecule has 0 radical (unpaired) electrons. The minimum atomic E-state index is -1.20. The minimum absolute atomic E-state index is 0. The predicted molar refractivity (Wildman–Crippen MR) is 106 cm³/mol. The van der Waals surface area contributed by atoms with Gasteiger partial charge >= 0.3 is 0 Å². The van der Waals surface area contributed by atoms with Crippen LogP contribution in [0.15, 0.2) is 16.7 Å². The van der Waals surface area contributed by atoms with E-state index in [2.05, 4.69) is 14.7 Å². The summed E-state index contributed by atoms with van der Waals surface area (Å²) in [5.74, 6) is 1.07. The number of nitrogens with zero attached hydrogens (tertiary/aromatic N) is 2. The molecule has 4 rings (SSSR count). The number of aromatic nitrogens is 2. The number of oxazole rings is 1. The Balaban J connectivity index is 0.00000210. The zero-order chi connectivity index (χ0) is 18.5. The first-order chi connectivity index (χ1) is 12.3. The highest BCUT2D eigenvalue weighted by atomic mass is 35.5. The molecule has 148 valence electrons. The van der Waals surface area contributed by atoms with Gasteiger partial charge in [-0.25, -0.2) is 9.37 Å². The fraction of sp³-hybridized carbons (Fsp3) is 0.579. The third-order valence-electron chi connectivity index (χ3n) is 4.86. The maximum atomic E-state index is 14.3. The maximum absolute atomic E-state index is 14.3. The van der Waals surface area contributed by atoms with Crippen molar-refractivity contribution in [1.29, 1.82) is 0 Å². The van der Waals surface area contributed by atoms with Gasteiger partial charge in [0.05, 0.1) is 17.8 Å². The van der Waals surface area contributed by atoms with Crippen molar-refractivity contribution in [2.24, 2.45) is 0 Å². The monoisotopic (exact) mass is 413 g/mol. The van der Waals surface area contributed by atoms with E-state index in [-0.39, 0.29) is 23.2 Å². The molecule has 5 nitrogen and oxygen atoms in total. The molecule has 0 bridgehead atoms. The number of hydrogen-bond donors (Lipinski definition) is 1. The van der Waals surface area contributed by atoms with Crippen LogP contribution in [0.1, 0.15) is 75.6 Å². The van der Waals surface area contributed by atoms with Gasteiger partial charge in [0, 0.05) is 29.4 Å². The van der Waals surface area contributed by atoms with Crippen molar-refractivity contribution in [2.45, 2.75) is 69.6 Å². The van der Waals surface area contributed by atoms with Crippen LogP contribution in [0.4, 0.5) is 4.39 Å². The molecule has 8 heteroatoms. The van der Waals surface area contributed by atoms with Crippen molar-refractivity contribution in [3.8, 4) is 11.5 Å². The molecular weight excluding hydrogens is 389 g/mol. The van der Waals surface area contributed by atoms with Gasteiger partial charge < -0.3 is 8.97 Å². The summed E-state index contributed by atoms with van der Waals surface area (Å²) >= 11 is -1.20. The summed E-state index contributed by atoms with van der Waals surface area (Å²) in [5.41, 5.74) is 2.03. The molecule has 0 amide bonds. The fourth-order valence-electron chi connectivity index (χ4n) is 3.18. The van der Waals surface area contributed by atoms with Crippen LogP contribution in [-0.4, -0.2) is 19.3 Å². The molecule has 0 saturated heterocycles. The molecule has 0 aliphatic heterocycles. The normalized spacial score (nSPS) is 20.7. The molecular formula is C19H25ClFN3O2S. The summed E-state index contributed by atoms with van der Waals surface area (Å²) in [6.45, 7) is 5.79. The topological polar surface area (TPSA) is 74.0 Å². The average Bonchev–Trinajstić information content (AvgIpc) is 3.33. The lowest BCUT2D eigenvalue weighted by atomic mass is 9.98. The summed E-state index contributed by atoms with van der Waals surface area (Å²) in [6, 6.07) is 1.63. The number of aryl methyl sites for hydroxylation is 1. The highest BCUT2D eigenvalue weighted by Gasteiger charge is 2.35. The van der Waals surface area contributed by atoms with Crippen LogP contribution in [0.5, 0.6) is 0 Å². The molecule has 2 aliphatic rings. The third-order valence-corrected chi connectivity index (χ3v) is 6.47. The molecule has 2 heterocycles. The van der Waals surface area contributed by atoms with Crippen molar-refractivity contribution < 1.29 is 13.4 Å². The first-order valence-electron chi connectivity index (χ1n) is 9.16. The van der Waals surface area contributed by atoms with Gasteiger partial charge in [-0.3, -0.25) is 4.98 Å². The van der Waals surface area contributed by atoms with Crippen molar-refractivity contribution in [3.05, 3.63) is 35.2 Å². The van der Waals surface area contributed by atoms with Crippen molar-refractivity contribution in [1.82, 2.24) is 14.7 Å². The van der Waals surface area contributed by atoms with Crippen LogP contribution in [0.25, 0.3) is 11.5 Å². The summed E-state index contributed by atoms with van der Waals surface area (Å²) < 4.78 is 35.5. The van der Waals surface area contributed by atoms with Gasteiger partial charge in [0.25, 0.3) is 0 Å². The van der Waals surface area contributed by atoms with E-state index in [1.807, 2.05) is 20.8 Å². The standard InChI is InChI=1S/C19H24FN3O2S.ClH/c1-19(2,3)26(24)23-14-5-4-6-16-17(14)22-18(25-16)12-9-15(11-7-8-11)21-10-13(12)20;/h9-11,14,23H,4-8H2,1-3H3;1H/t14-,26-;/m0./s1. The second kappa shape index (κ2) is 7.70. The molecule has 2 atom stereocenters. The number of nitrogens with one attached hydrogen (secondary N) is 1. The van der Waals surface area contributed by atoms with E-state index in [1.54, 1.807) is 6.07 Å². The molecule has 2 aromatic heterocycles. The maximum Gasteiger partial charge on any atom is 0.229 e. The third kappa shape index (κ3) is 4.31. The van der Waals surface area contributed by atoms with Crippen LogP contribution in [-0.2, 0) is 17.8 Å². The first kappa shape index (κ1) is 20.6. The number of rotatable bonds is 4. The van der Waals surface area contributed by atoms with Gasteiger partial charge in [0.1, 0.15) is 16.2 Å². The lowest BCUT2D eigenvalue weighted by Gasteiger charge is -2.28. The van der Waals surface area contributed by atoms with Gasteiger partial charge in [-0.2, -0.15) is 0 Å². The van der Waals surface area contributed by atoms with E-state index >= 15 is 0 Å². The fourth-order valence-corrected chi connectivity index (χ4v) is 4.02. The van der Waals surface area contributed by atoms with E-state index in [4.69, 9.17) is 4.42 Å². The van der Waals surface area contributed by atoms with Gasteiger partial charge in [0.15, 0.2) is 5.82 Å². The Labute approximate surface area is 168 Å². The van der Waals surface area contributed by atoms with Crippen LogP contribution in [0.3, 0.4) is 0 Å². The number of pyridine rings is 1. The van der Waals surface area contributed by atoms with Crippen molar-refractivity contribution >= 4 is 23.8 Å². The Morgan fingerprint density at radius 1 is 1.30 bits per heavy atom. The smallest absolute Gasteiger partial charge is 0.229 e. The molecule has 0 spiro atoms. The van der Waals surface area contributed by atoms with Gasteiger partial charge in [-0.1, -0.05) is 0 Å². The van der Waals surface area contributed by atoms with Crippen LogP contribution < -0.4 is 4.72 Å². The Kier molecular flexibility index (Phi) is 5.87. The number of fused-ring (bicyclic) bond motifs is 1. The lowest BCUT2D eigenvalue weighted by Crippen LogP contribution is -2.42. The molecule has 2 aromatic rings. The van der Waals surface area contributed by atoms with Crippen LogP contribution in [0, 0.1) is 5.82 Å². The number of hydrogen-bond acceptors (Lipinski definition) is 5. The second-order valence-electron chi connectivity index (χ2n) is 8.13. The van der Waals surface area contributed by atoms with E-state index in [0.29, 0.717) is 17.4 Å². The zero-order valence-corrected chi connectivity index (χ0v) is 17.4. The average molecular weight is 414 g/mol. The molecule has 27 heavy (non-hydrogen) atoms. The van der Waals surface area contributed by atoms with E-state index < -0.39 is 17.2 Å². The molecule has 1 N–H and O–H groups in total. The van der Waals surface area contributed by atoms with E-state index in [0.717, 1.165) is 49.3 Å². The molecule has 0 unspecified atom stereocenters. The highest BCUT2D eigenvalue weighted by Crippen LogP contribution is 2.41. The largest absolute Gasteiger partial charge is 0.598 e. The Bertz CT molecular complexity index is 820. The summed E-state index contributed by atoms with van der Waals surface area (Å²) in [5, 5.41) is 0.